The van der Waals surface area contributed by atoms with Crippen LogP contribution in [0.3, 0.4) is 0 Å². The van der Waals surface area contributed by atoms with Gasteiger partial charge in [-0.15, -0.1) is 0 Å². The summed E-state index contributed by atoms with van der Waals surface area (Å²) < 4.78 is 9.91. The van der Waals surface area contributed by atoms with Gasteiger partial charge >= 0.3 is 11.9 Å². The van der Waals surface area contributed by atoms with Crippen molar-refractivity contribution < 1.29 is 19.1 Å². The lowest BCUT2D eigenvalue weighted by molar-refractivity contribution is -0.155. The minimum Gasteiger partial charge on any atom is -0.466 e. The summed E-state index contributed by atoms with van der Waals surface area (Å²) >= 11 is 0. The number of esters is 2. The van der Waals surface area contributed by atoms with E-state index >= 15 is 0 Å². The molecule has 1 saturated carbocycles. The average molecular weight is 257 g/mol. The van der Waals surface area contributed by atoms with Gasteiger partial charge in [0.05, 0.1) is 13.2 Å². The third-order valence-corrected chi connectivity index (χ3v) is 3.20. The molecule has 1 fully saturated rings. The van der Waals surface area contributed by atoms with E-state index in [1.165, 1.54) is 0 Å². The van der Waals surface area contributed by atoms with Crippen LogP contribution in [0.1, 0.15) is 46.0 Å². The Hall–Kier alpha value is -1.10. The zero-order valence-electron chi connectivity index (χ0n) is 11.3. The molecule has 0 saturated heterocycles. The van der Waals surface area contributed by atoms with E-state index in [0.717, 1.165) is 19.3 Å². The molecule has 5 heteroatoms. The van der Waals surface area contributed by atoms with Crippen molar-refractivity contribution in [3.63, 3.8) is 0 Å². The molecular formula is C13H23NO4. The third-order valence-electron chi connectivity index (χ3n) is 3.20. The molecule has 1 aliphatic carbocycles. The van der Waals surface area contributed by atoms with Crippen molar-refractivity contribution in [2.45, 2.75) is 51.5 Å². The summed E-state index contributed by atoms with van der Waals surface area (Å²) in [5, 5.41) is 3.23. The number of carbonyl (C=O) groups is 2. The molecule has 5 nitrogen and oxygen atoms in total. The van der Waals surface area contributed by atoms with Gasteiger partial charge in [-0.25, -0.2) is 0 Å². The Labute approximate surface area is 108 Å². The Morgan fingerprint density at radius 1 is 1.17 bits per heavy atom. The van der Waals surface area contributed by atoms with Crippen LogP contribution >= 0.6 is 0 Å². The molecule has 0 unspecified atom stereocenters. The van der Waals surface area contributed by atoms with Gasteiger partial charge in [-0.2, -0.15) is 0 Å². The molecule has 0 bridgehead atoms. The van der Waals surface area contributed by atoms with Gasteiger partial charge in [0.15, 0.2) is 0 Å². The summed E-state index contributed by atoms with van der Waals surface area (Å²) in [6.45, 7) is 5.06. The average Bonchev–Trinajstić information content (AvgIpc) is 2.27. The highest BCUT2D eigenvalue weighted by molar-refractivity contribution is 5.82. The zero-order valence-corrected chi connectivity index (χ0v) is 11.3. The Morgan fingerprint density at radius 3 is 2.33 bits per heavy atom. The highest BCUT2D eigenvalue weighted by atomic mass is 16.5. The molecule has 104 valence electrons. The van der Waals surface area contributed by atoms with Gasteiger partial charge in [-0.05, 0) is 46.1 Å². The van der Waals surface area contributed by atoms with E-state index in [1.54, 1.807) is 6.92 Å². The first kappa shape index (κ1) is 15.0. The summed E-state index contributed by atoms with van der Waals surface area (Å²) in [6.07, 6.45) is 3.76. The van der Waals surface area contributed by atoms with Gasteiger partial charge in [-0.1, -0.05) is 0 Å². The molecule has 0 aliphatic heterocycles. The maximum Gasteiger partial charge on any atom is 0.326 e. The van der Waals surface area contributed by atoms with Crippen LogP contribution in [0.5, 0.6) is 0 Å². The standard InChI is InChI=1S/C13H23NO4/c1-3-17-11(15)7-5-10-14-13(8-6-9-13)12(16)18-4-2/h14H,3-10H2,1-2H3. The lowest BCUT2D eigenvalue weighted by atomic mass is 9.76. The van der Waals surface area contributed by atoms with Gasteiger partial charge in [0.1, 0.15) is 5.54 Å². The van der Waals surface area contributed by atoms with Crippen molar-refractivity contribution in [1.29, 1.82) is 0 Å². The van der Waals surface area contributed by atoms with Crippen molar-refractivity contribution in [2.24, 2.45) is 0 Å². The SMILES string of the molecule is CCOC(=O)CCCNC1(C(=O)OCC)CCC1. The number of nitrogens with one attached hydrogen (secondary N) is 1. The van der Waals surface area contributed by atoms with Gasteiger partial charge in [-0.3, -0.25) is 9.59 Å². The van der Waals surface area contributed by atoms with Crippen LogP contribution in [0.4, 0.5) is 0 Å². The van der Waals surface area contributed by atoms with Crippen LogP contribution in [0, 0.1) is 0 Å². The number of ether oxygens (including phenoxy) is 2. The van der Waals surface area contributed by atoms with Crippen LogP contribution in [0.15, 0.2) is 0 Å². The van der Waals surface area contributed by atoms with E-state index < -0.39 is 5.54 Å². The van der Waals surface area contributed by atoms with Gasteiger partial charge in [0.2, 0.25) is 0 Å². The first-order chi connectivity index (χ1) is 8.64. The lowest BCUT2D eigenvalue weighted by Crippen LogP contribution is -2.58. The number of carbonyl (C=O) groups excluding carboxylic acids is 2. The van der Waals surface area contributed by atoms with E-state index in [9.17, 15) is 9.59 Å². The van der Waals surface area contributed by atoms with Crippen molar-refractivity contribution >= 4 is 11.9 Å². The summed E-state index contributed by atoms with van der Waals surface area (Å²) in [7, 11) is 0. The molecule has 1 aliphatic rings. The maximum atomic E-state index is 11.8. The van der Waals surface area contributed by atoms with Gasteiger partial charge in [0.25, 0.3) is 0 Å². The highest BCUT2D eigenvalue weighted by Crippen LogP contribution is 2.33. The first-order valence-electron chi connectivity index (χ1n) is 6.72. The van der Waals surface area contributed by atoms with E-state index in [4.69, 9.17) is 9.47 Å². The smallest absolute Gasteiger partial charge is 0.326 e. The molecule has 1 rings (SSSR count). The second-order valence-corrected chi connectivity index (χ2v) is 4.49. The van der Waals surface area contributed by atoms with E-state index in [0.29, 0.717) is 32.6 Å². The monoisotopic (exact) mass is 257 g/mol. The Morgan fingerprint density at radius 2 is 1.83 bits per heavy atom. The molecule has 0 heterocycles. The molecule has 0 radical (unpaired) electrons. The minimum absolute atomic E-state index is 0.160. The molecule has 0 amide bonds. The summed E-state index contributed by atoms with van der Waals surface area (Å²) in [6, 6.07) is 0. The summed E-state index contributed by atoms with van der Waals surface area (Å²) in [5.74, 6) is -0.342. The topological polar surface area (TPSA) is 64.6 Å². The minimum atomic E-state index is -0.495. The number of hydrogen-bond donors (Lipinski definition) is 1. The molecular weight excluding hydrogens is 234 g/mol. The molecule has 0 aromatic heterocycles. The van der Waals surface area contributed by atoms with Crippen molar-refractivity contribution in [3.05, 3.63) is 0 Å². The van der Waals surface area contributed by atoms with Crippen molar-refractivity contribution in [1.82, 2.24) is 5.32 Å². The van der Waals surface area contributed by atoms with E-state index in [1.807, 2.05) is 6.92 Å². The maximum absolute atomic E-state index is 11.8. The second kappa shape index (κ2) is 7.36. The molecule has 0 spiro atoms. The first-order valence-corrected chi connectivity index (χ1v) is 6.72. The largest absolute Gasteiger partial charge is 0.466 e. The quantitative estimate of drug-likeness (QED) is 0.526. The number of hydrogen-bond acceptors (Lipinski definition) is 5. The fourth-order valence-corrected chi connectivity index (χ4v) is 2.05. The Kier molecular flexibility index (Phi) is 6.12. The predicted molar refractivity (Wildman–Crippen MR) is 67.1 cm³/mol. The molecule has 18 heavy (non-hydrogen) atoms. The van der Waals surface area contributed by atoms with E-state index in [-0.39, 0.29) is 11.9 Å². The van der Waals surface area contributed by atoms with Crippen LogP contribution < -0.4 is 5.32 Å². The van der Waals surface area contributed by atoms with Gasteiger partial charge in [0, 0.05) is 6.42 Å². The fraction of sp³-hybridized carbons (Fsp3) is 0.846. The van der Waals surface area contributed by atoms with Gasteiger partial charge < -0.3 is 14.8 Å². The Balaban J connectivity index is 2.24. The molecule has 0 aromatic carbocycles. The second-order valence-electron chi connectivity index (χ2n) is 4.49. The van der Waals surface area contributed by atoms with Crippen LogP contribution in [0.2, 0.25) is 0 Å². The van der Waals surface area contributed by atoms with Crippen molar-refractivity contribution in [3.8, 4) is 0 Å². The van der Waals surface area contributed by atoms with Crippen LogP contribution in [-0.4, -0.2) is 37.2 Å². The molecule has 0 atom stereocenters. The van der Waals surface area contributed by atoms with Crippen LogP contribution in [0.25, 0.3) is 0 Å². The van der Waals surface area contributed by atoms with E-state index in [2.05, 4.69) is 5.32 Å². The van der Waals surface area contributed by atoms with Crippen LogP contribution in [-0.2, 0) is 19.1 Å². The normalized spacial score (nSPS) is 16.8. The van der Waals surface area contributed by atoms with Crippen molar-refractivity contribution in [2.75, 3.05) is 19.8 Å². The third kappa shape index (κ3) is 3.98. The molecule has 1 N–H and O–H groups in total. The Bertz CT molecular complexity index is 287. The summed E-state index contributed by atoms with van der Waals surface area (Å²) in [4.78, 5) is 22.9. The predicted octanol–water partition coefficient (Wildman–Crippen LogP) is 1.41. The molecule has 0 aromatic rings. The zero-order chi connectivity index (χ0) is 13.4. The fourth-order valence-electron chi connectivity index (χ4n) is 2.05. The lowest BCUT2D eigenvalue weighted by Gasteiger charge is -2.40. The summed E-state index contributed by atoms with van der Waals surface area (Å²) in [5.41, 5.74) is -0.495. The number of rotatable bonds is 8. The highest BCUT2D eigenvalue weighted by Gasteiger charge is 2.44.